The van der Waals surface area contributed by atoms with Gasteiger partial charge in [0, 0.05) is 0 Å². The van der Waals surface area contributed by atoms with Gasteiger partial charge in [-0.25, -0.2) is 0 Å². The van der Waals surface area contributed by atoms with Crippen molar-refractivity contribution >= 4 is 0 Å². The Balaban J connectivity index is 1.66. The molecule has 20 heavy (non-hydrogen) atoms. The van der Waals surface area contributed by atoms with Gasteiger partial charge in [-0.1, -0.05) is 42.5 Å². The molecule has 1 aliphatic rings. The molecule has 0 atom stereocenters. The Labute approximate surface area is 120 Å². The molecule has 2 nitrogen and oxygen atoms in total. The molecule has 2 aromatic carbocycles. The molecule has 0 bridgehead atoms. The molecule has 3 rings (SSSR count). The molecule has 0 aromatic heterocycles. The zero-order valence-electron chi connectivity index (χ0n) is 11.7. The largest absolute Gasteiger partial charge is 0.490 e. The van der Waals surface area contributed by atoms with E-state index < -0.39 is 0 Å². The van der Waals surface area contributed by atoms with E-state index in [0.717, 1.165) is 38.1 Å². The summed E-state index contributed by atoms with van der Waals surface area (Å²) in [6.45, 7) is 2.13. The van der Waals surface area contributed by atoms with Crippen molar-refractivity contribution in [2.24, 2.45) is 0 Å². The van der Waals surface area contributed by atoms with Gasteiger partial charge in [0.15, 0.2) is 0 Å². The Morgan fingerprint density at radius 2 is 1.65 bits per heavy atom. The predicted octanol–water partition coefficient (Wildman–Crippen LogP) is 3.41. The molecule has 1 N–H and O–H groups in total. The molecule has 0 unspecified atom stereocenters. The lowest BCUT2D eigenvalue weighted by Crippen LogP contribution is -2.34. The maximum Gasteiger partial charge on any atom is 0.120 e. The van der Waals surface area contributed by atoms with Gasteiger partial charge in [0.05, 0.1) is 0 Å². The topological polar surface area (TPSA) is 21.3 Å². The number of ether oxygens (including phenoxy) is 1. The third-order valence-electron chi connectivity index (χ3n) is 3.74. The number of rotatable bonds is 4. The first-order valence-electron chi connectivity index (χ1n) is 7.40. The second-order valence-electron chi connectivity index (χ2n) is 5.38. The molecule has 0 radical (unpaired) electrons. The zero-order valence-corrected chi connectivity index (χ0v) is 11.7. The minimum atomic E-state index is 0.364. The van der Waals surface area contributed by atoms with E-state index in [4.69, 9.17) is 4.74 Å². The highest BCUT2D eigenvalue weighted by Crippen LogP contribution is 2.20. The van der Waals surface area contributed by atoms with E-state index in [9.17, 15) is 0 Å². The fourth-order valence-corrected chi connectivity index (χ4v) is 2.67. The van der Waals surface area contributed by atoms with E-state index in [2.05, 4.69) is 59.9 Å². The number of nitrogens with one attached hydrogen (secondary N) is 1. The van der Waals surface area contributed by atoms with Crippen LogP contribution in [-0.2, 0) is 6.42 Å². The van der Waals surface area contributed by atoms with Crippen LogP contribution < -0.4 is 10.1 Å². The van der Waals surface area contributed by atoms with Crippen molar-refractivity contribution in [2.45, 2.75) is 25.4 Å². The maximum atomic E-state index is 6.09. The summed E-state index contributed by atoms with van der Waals surface area (Å²) in [7, 11) is 0. The van der Waals surface area contributed by atoms with Gasteiger partial charge < -0.3 is 10.1 Å². The fourth-order valence-electron chi connectivity index (χ4n) is 2.67. The number of hydrogen-bond acceptors (Lipinski definition) is 2. The molecule has 0 aliphatic carbocycles. The van der Waals surface area contributed by atoms with Gasteiger partial charge in [-0.2, -0.15) is 0 Å². The molecule has 2 heteroatoms. The summed E-state index contributed by atoms with van der Waals surface area (Å²) in [5.41, 5.74) is 2.65. The number of piperidine rings is 1. The van der Waals surface area contributed by atoms with Crippen LogP contribution in [0.3, 0.4) is 0 Å². The van der Waals surface area contributed by atoms with Crippen molar-refractivity contribution in [1.29, 1.82) is 0 Å². The van der Waals surface area contributed by atoms with Gasteiger partial charge >= 0.3 is 0 Å². The van der Waals surface area contributed by atoms with Gasteiger partial charge in [0.1, 0.15) is 11.9 Å². The molecule has 0 amide bonds. The van der Waals surface area contributed by atoms with Crippen LogP contribution >= 0.6 is 0 Å². The minimum Gasteiger partial charge on any atom is -0.490 e. The fraction of sp³-hybridized carbons (Fsp3) is 0.333. The van der Waals surface area contributed by atoms with Crippen molar-refractivity contribution in [3.63, 3.8) is 0 Å². The monoisotopic (exact) mass is 267 g/mol. The molecule has 1 aliphatic heterocycles. The maximum absolute atomic E-state index is 6.09. The van der Waals surface area contributed by atoms with Crippen LogP contribution in [0.5, 0.6) is 5.75 Å². The second-order valence-corrected chi connectivity index (χ2v) is 5.38. The molecule has 1 heterocycles. The van der Waals surface area contributed by atoms with Crippen LogP contribution in [0.25, 0.3) is 0 Å². The Morgan fingerprint density at radius 1 is 0.900 bits per heavy atom. The van der Waals surface area contributed by atoms with E-state index >= 15 is 0 Å². The van der Waals surface area contributed by atoms with Gasteiger partial charge in [0.25, 0.3) is 0 Å². The van der Waals surface area contributed by atoms with Crippen molar-refractivity contribution in [3.8, 4) is 5.75 Å². The average molecular weight is 267 g/mol. The Morgan fingerprint density at radius 3 is 2.45 bits per heavy atom. The van der Waals surface area contributed by atoms with Gasteiger partial charge in [-0.3, -0.25) is 0 Å². The Bertz CT molecular complexity index is 532. The van der Waals surface area contributed by atoms with E-state index in [1.54, 1.807) is 0 Å². The second kappa shape index (κ2) is 6.58. The quantitative estimate of drug-likeness (QED) is 0.916. The van der Waals surface area contributed by atoms with Crippen LogP contribution in [0, 0.1) is 0 Å². The van der Waals surface area contributed by atoms with Crippen LogP contribution in [0.4, 0.5) is 0 Å². The van der Waals surface area contributed by atoms with Gasteiger partial charge in [0.2, 0.25) is 0 Å². The summed E-state index contributed by atoms with van der Waals surface area (Å²) in [6, 6.07) is 19.1. The molecule has 1 fully saturated rings. The van der Waals surface area contributed by atoms with Gasteiger partial charge in [-0.15, -0.1) is 0 Å². The standard InChI is InChI=1S/C18H21NO/c1-2-5-15(6-3-1)13-16-7-4-8-18(14-16)20-17-9-11-19-12-10-17/h1-8,14,17,19H,9-13H2. The van der Waals surface area contributed by atoms with Crippen LogP contribution in [0.1, 0.15) is 24.0 Å². The van der Waals surface area contributed by atoms with E-state index in [1.165, 1.54) is 11.1 Å². The van der Waals surface area contributed by atoms with E-state index in [0.29, 0.717) is 6.10 Å². The molecule has 1 saturated heterocycles. The lowest BCUT2D eigenvalue weighted by atomic mass is 10.0. The SMILES string of the molecule is c1ccc(Cc2cccc(OC3CCNCC3)c2)cc1. The van der Waals surface area contributed by atoms with Crippen molar-refractivity contribution < 1.29 is 4.74 Å². The first-order chi connectivity index (χ1) is 9.90. The molecule has 0 spiro atoms. The van der Waals surface area contributed by atoms with Crippen molar-refractivity contribution in [2.75, 3.05) is 13.1 Å². The first kappa shape index (κ1) is 13.2. The predicted molar refractivity (Wildman–Crippen MR) is 82.2 cm³/mol. The first-order valence-corrected chi connectivity index (χ1v) is 7.40. The smallest absolute Gasteiger partial charge is 0.120 e. The van der Waals surface area contributed by atoms with E-state index in [-0.39, 0.29) is 0 Å². The van der Waals surface area contributed by atoms with Crippen molar-refractivity contribution in [1.82, 2.24) is 5.32 Å². The molecule has 2 aromatic rings. The average Bonchev–Trinajstić information content (AvgIpc) is 2.50. The summed E-state index contributed by atoms with van der Waals surface area (Å²) < 4.78 is 6.09. The van der Waals surface area contributed by atoms with Crippen LogP contribution in [0.2, 0.25) is 0 Å². The van der Waals surface area contributed by atoms with Crippen LogP contribution in [-0.4, -0.2) is 19.2 Å². The number of hydrogen-bond donors (Lipinski definition) is 1. The summed E-state index contributed by atoms with van der Waals surface area (Å²) in [6.07, 6.45) is 3.53. The summed E-state index contributed by atoms with van der Waals surface area (Å²) in [5, 5.41) is 3.36. The third kappa shape index (κ3) is 3.61. The number of benzene rings is 2. The normalized spacial score (nSPS) is 16.0. The summed E-state index contributed by atoms with van der Waals surface area (Å²) in [5.74, 6) is 1.00. The highest BCUT2D eigenvalue weighted by molar-refractivity contribution is 5.32. The summed E-state index contributed by atoms with van der Waals surface area (Å²) >= 11 is 0. The third-order valence-corrected chi connectivity index (χ3v) is 3.74. The highest BCUT2D eigenvalue weighted by Gasteiger charge is 2.14. The molecular formula is C18H21NO. The van der Waals surface area contributed by atoms with Gasteiger partial charge in [-0.05, 0) is 55.6 Å². The highest BCUT2D eigenvalue weighted by atomic mass is 16.5. The van der Waals surface area contributed by atoms with Crippen LogP contribution in [0.15, 0.2) is 54.6 Å². The molecule has 104 valence electrons. The minimum absolute atomic E-state index is 0.364. The van der Waals surface area contributed by atoms with E-state index in [1.807, 2.05) is 0 Å². The molecule has 0 saturated carbocycles. The lowest BCUT2D eigenvalue weighted by molar-refractivity contribution is 0.162. The molecular weight excluding hydrogens is 246 g/mol. The lowest BCUT2D eigenvalue weighted by Gasteiger charge is -2.24. The summed E-state index contributed by atoms with van der Waals surface area (Å²) in [4.78, 5) is 0. The van der Waals surface area contributed by atoms with Crippen molar-refractivity contribution in [3.05, 3.63) is 65.7 Å². The zero-order chi connectivity index (χ0) is 13.6. The Hall–Kier alpha value is -1.80. The Kier molecular flexibility index (Phi) is 4.34.